The summed E-state index contributed by atoms with van der Waals surface area (Å²) in [5, 5.41) is 3.63. The molecule has 1 aromatic carbocycles. The SMILES string of the molecule is CC(C)NC(N)=NCCc1cc(Cl)c2c(c1)OCCO2. The molecule has 0 aromatic heterocycles. The lowest BCUT2D eigenvalue weighted by Gasteiger charge is -2.20. The molecule has 0 saturated heterocycles. The average molecular weight is 298 g/mol. The first-order valence-electron chi connectivity index (χ1n) is 6.70. The van der Waals surface area contributed by atoms with Gasteiger partial charge in [-0.25, -0.2) is 0 Å². The number of guanidine groups is 1. The molecular formula is C14H20ClN3O2. The van der Waals surface area contributed by atoms with Crippen LogP contribution in [0.25, 0.3) is 0 Å². The highest BCUT2D eigenvalue weighted by Crippen LogP contribution is 2.38. The van der Waals surface area contributed by atoms with Crippen LogP contribution in [0.4, 0.5) is 0 Å². The standard InChI is InChI=1S/C14H20ClN3O2/c1-9(2)18-14(16)17-4-3-10-7-11(15)13-12(8-10)19-5-6-20-13/h7-9H,3-6H2,1-2H3,(H3,16,17,18). The predicted molar refractivity (Wildman–Crippen MR) is 80.9 cm³/mol. The van der Waals surface area contributed by atoms with E-state index in [0.717, 1.165) is 12.0 Å². The van der Waals surface area contributed by atoms with Gasteiger partial charge in [0.2, 0.25) is 0 Å². The molecule has 3 N–H and O–H groups in total. The van der Waals surface area contributed by atoms with Crippen LogP contribution in [-0.2, 0) is 6.42 Å². The molecule has 0 amide bonds. The maximum absolute atomic E-state index is 6.18. The van der Waals surface area contributed by atoms with E-state index < -0.39 is 0 Å². The van der Waals surface area contributed by atoms with Gasteiger partial charge in [-0.3, -0.25) is 4.99 Å². The van der Waals surface area contributed by atoms with Crippen LogP contribution in [0.3, 0.4) is 0 Å². The van der Waals surface area contributed by atoms with Crippen molar-refractivity contribution in [3.05, 3.63) is 22.7 Å². The summed E-state index contributed by atoms with van der Waals surface area (Å²) in [7, 11) is 0. The molecule has 110 valence electrons. The summed E-state index contributed by atoms with van der Waals surface area (Å²) in [6.45, 7) is 5.72. The number of nitrogens with two attached hydrogens (primary N) is 1. The number of rotatable bonds is 4. The molecule has 0 aliphatic carbocycles. The summed E-state index contributed by atoms with van der Waals surface area (Å²) in [5.41, 5.74) is 6.80. The van der Waals surface area contributed by atoms with Gasteiger partial charge < -0.3 is 20.5 Å². The number of aliphatic imine (C=N–C) groups is 1. The Labute approximate surface area is 124 Å². The van der Waals surface area contributed by atoms with E-state index in [9.17, 15) is 0 Å². The van der Waals surface area contributed by atoms with Crippen LogP contribution in [0, 0.1) is 0 Å². The smallest absolute Gasteiger partial charge is 0.188 e. The van der Waals surface area contributed by atoms with E-state index in [0.29, 0.717) is 42.2 Å². The summed E-state index contributed by atoms with van der Waals surface area (Å²) in [4.78, 5) is 4.27. The minimum Gasteiger partial charge on any atom is -0.486 e. The summed E-state index contributed by atoms with van der Waals surface area (Å²) in [5.74, 6) is 1.80. The van der Waals surface area contributed by atoms with E-state index in [1.165, 1.54) is 0 Å². The first kappa shape index (κ1) is 14.8. The van der Waals surface area contributed by atoms with E-state index in [-0.39, 0.29) is 6.04 Å². The normalized spacial score (nSPS) is 14.5. The van der Waals surface area contributed by atoms with Crippen LogP contribution in [-0.4, -0.2) is 31.8 Å². The largest absolute Gasteiger partial charge is 0.486 e. The zero-order chi connectivity index (χ0) is 14.5. The highest BCUT2D eigenvalue weighted by Gasteiger charge is 2.16. The van der Waals surface area contributed by atoms with E-state index >= 15 is 0 Å². The fourth-order valence-electron chi connectivity index (χ4n) is 1.96. The highest BCUT2D eigenvalue weighted by molar-refractivity contribution is 6.32. The van der Waals surface area contributed by atoms with E-state index in [2.05, 4.69) is 10.3 Å². The Hall–Kier alpha value is -1.62. The third-order valence-corrected chi connectivity index (χ3v) is 3.06. The van der Waals surface area contributed by atoms with Crippen molar-refractivity contribution < 1.29 is 9.47 Å². The average Bonchev–Trinajstić information content (AvgIpc) is 2.38. The molecule has 0 unspecified atom stereocenters. The van der Waals surface area contributed by atoms with Crippen LogP contribution in [0.2, 0.25) is 5.02 Å². The second-order valence-corrected chi connectivity index (χ2v) is 5.33. The van der Waals surface area contributed by atoms with E-state index in [4.69, 9.17) is 26.8 Å². The number of nitrogens with one attached hydrogen (secondary N) is 1. The quantitative estimate of drug-likeness (QED) is 0.658. The third kappa shape index (κ3) is 3.93. The van der Waals surface area contributed by atoms with Crippen molar-refractivity contribution in [1.82, 2.24) is 5.32 Å². The Morgan fingerprint density at radius 3 is 2.90 bits per heavy atom. The van der Waals surface area contributed by atoms with Crippen molar-refractivity contribution >= 4 is 17.6 Å². The molecule has 20 heavy (non-hydrogen) atoms. The fourth-order valence-corrected chi connectivity index (χ4v) is 2.24. The Kier molecular flexibility index (Phi) is 4.95. The summed E-state index contributed by atoms with van der Waals surface area (Å²) in [6, 6.07) is 4.11. The van der Waals surface area contributed by atoms with E-state index in [1.807, 2.05) is 26.0 Å². The summed E-state index contributed by atoms with van der Waals surface area (Å²) < 4.78 is 11.0. The lowest BCUT2D eigenvalue weighted by molar-refractivity contribution is 0.171. The number of benzene rings is 1. The van der Waals surface area contributed by atoms with Crippen molar-refractivity contribution in [2.24, 2.45) is 10.7 Å². The zero-order valence-corrected chi connectivity index (χ0v) is 12.5. The second kappa shape index (κ2) is 6.70. The molecule has 0 radical (unpaired) electrons. The second-order valence-electron chi connectivity index (χ2n) is 4.92. The molecule has 1 aliphatic rings. The molecule has 0 saturated carbocycles. The Morgan fingerprint density at radius 2 is 2.15 bits per heavy atom. The Bertz CT molecular complexity index is 503. The highest BCUT2D eigenvalue weighted by atomic mass is 35.5. The van der Waals surface area contributed by atoms with Crippen molar-refractivity contribution in [3.63, 3.8) is 0 Å². The topological polar surface area (TPSA) is 68.9 Å². The van der Waals surface area contributed by atoms with Gasteiger partial charge in [0.1, 0.15) is 13.2 Å². The van der Waals surface area contributed by atoms with Gasteiger partial charge >= 0.3 is 0 Å². The molecular weight excluding hydrogens is 278 g/mol. The number of ether oxygens (including phenoxy) is 2. The Balaban J connectivity index is 1.98. The van der Waals surface area contributed by atoms with Gasteiger partial charge in [-0.05, 0) is 38.0 Å². The molecule has 1 aliphatic heterocycles. The lowest BCUT2D eigenvalue weighted by atomic mass is 10.1. The van der Waals surface area contributed by atoms with E-state index in [1.54, 1.807) is 0 Å². The van der Waals surface area contributed by atoms with Crippen LogP contribution < -0.4 is 20.5 Å². The van der Waals surface area contributed by atoms with Crippen molar-refractivity contribution in [2.75, 3.05) is 19.8 Å². The summed E-state index contributed by atoms with van der Waals surface area (Å²) in [6.07, 6.45) is 0.747. The van der Waals surface area contributed by atoms with Gasteiger partial charge in [0.05, 0.1) is 5.02 Å². The molecule has 6 heteroatoms. The van der Waals surface area contributed by atoms with Crippen LogP contribution in [0.5, 0.6) is 11.5 Å². The molecule has 0 spiro atoms. The minimum absolute atomic E-state index is 0.280. The number of fused-ring (bicyclic) bond motifs is 1. The molecule has 2 rings (SSSR count). The van der Waals surface area contributed by atoms with Crippen LogP contribution in [0.15, 0.2) is 17.1 Å². The van der Waals surface area contributed by atoms with Crippen molar-refractivity contribution in [1.29, 1.82) is 0 Å². The molecule has 0 atom stereocenters. The first-order chi connectivity index (χ1) is 9.56. The van der Waals surface area contributed by atoms with Gasteiger partial charge in [0.25, 0.3) is 0 Å². The van der Waals surface area contributed by atoms with Crippen molar-refractivity contribution in [3.8, 4) is 11.5 Å². The number of hydrogen-bond acceptors (Lipinski definition) is 3. The number of hydrogen-bond donors (Lipinski definition) is 2. The minimum atomic E-state index is 0.280. The maximum atomic E-state index is 6.18. The van der Waals surface area contributed by atoms with Gasteiger partial charge in [0, 0.05) is 12.6 Å². The third-order valence-electron chi connectivity index (χ3n) is 2.78. The number of nitrogens with zero attached hydrogens (tertiary/aromatic N) is 1. The van der Waals surface area contributed by atoms with Crippen molar-refractivity contribution in [2.45, 2.75) is 26.3 Å². The molecule has 0 fully saturated rings. The van der Waals surface area contributed by atoms with Gasteiger partial charge in [0.15, 0.2) is 17.5 Å². The fraction of sp³-hybridized carbons (Fsp3) is 0.500. The first-order valence-corrected chi connectivity index (χ1v) is 7.08. The van der Waals surface area contributed by atoms with Gasteiger partial charge in [-0.2, -0.15) is 0 Å². The van der Waals surface area contributed by atoms with Crippen LogP contribution in [0.1, 0.15) is 19.4 Å². The number of halogens is 1. The molecule has 1 aromatic rings. The van der Waals surface area contributed by atoms with Gasteiger partial charge in [-0.15, -0.1) is 0 Å². The lowest BCUT2D eigenvalue weighted by Crippen LogP contribution is -2.36. The zero-order valence-electron chi connectivity index (χ0n) is 11.8. The monoisotopic (exact) mass is 297 g/mol. The maximum Gasteiger partial charge on any atom is 0.188 e. The van der Waals surface area contributed by atoms with Gasteiger partial charge in [-0.1, -0.05) is 11.6 Å². The van der Waals surface area contributed by atoms with Crippen LogP contribution >= 0.6 is 11.6 Å². The molecule has 0 bridgehead atoms. The Morgan fingerprint density at radius 1 is 1.40 bits per heavy atom. The molecule has 1 heterocycles. The molecule has 5 nitrogen and oxygen atoms in total. The summed E-state index contributed by atoms with van der Waals surface area (Å²) >= 11 is 6.18. The predicted octanol–water partition coefficient (Wildman–Crippen LogP) is 1.97.